The van der Waals surface area contributed by atoms with Gasteiger partial charge in [-0.25, -0.2) is 4.79 Å². The van der Waals surface area contributed by atoms with E-state index < -0.39 is 17.7 Å². The third-order valence-electron chi connectivity index (χ3n) is 1.81. The fourth-order valence-corrected chi connectivity index (χ4v) is 0.976. The molecule has 0 fully saturated rings. The van der Waals surface area contributed by atoms with Crippen molar-refractivity contribution in [3.63, 3.8) is 0 Å². The quantitative estimate of drug-likeness (QED) is 0.590. The van der Waals surface area contributed by atoms with Crippen LogP contribution >= 0.6 is 0 Å². The van der Waals surface area contributed by atoms with E-state index in [1.807, 2.05) is 0 Å². The van der Waals surface area contributed by atoms with Crippen molar-refractivity contribution in [2.24, 2.45) is 5.92 Å². The minimum Gasteiger partial charge on any atom is -0.467 e. The number of methoxy groups -OCH3 is 1. The minimum absolute atomic E-state index is 0.195. The van der Waals surface area contributed by atoms with E-state index in [4.69, 9.17) is 0 Å². The zero-order valence-electron chi connectivity index (χ0n) is 7.87. The summed E-state index contributed by atoms with van der Waals surface area (Å²) >= 11 is 0. The van der Waals surface area contributed by atoms with Crippen LogP contribution in [0.5, 0.6) is 0 Å². The molecule has 12 heavy (non-hydrogen) atoms. The lowest BCUT2D eigenvalue weighted by Crippen LogP contribution is -2.49. The molecule has 72 valence electrons. The summed E-state index contributed by atoms with van der Waals surface area (Å²) in [5, 5.41) is 18.9. The summed E-state index contributed by atoms with van der Waals surface area (Å²) < 4.78 is 4.34. The van der Waals surface area contributed by atoms with Crippen molar-refractivity contribution in [2.45, 2.75) is 32.5 Å². The molecular weight excluding hydrogens is 160 g/mol. The van der Waals surface area contributed by atoms with E-state index in [1.165, 1.54) is 14.0 Å². The Morgan fingerprint density at radius 3 is 2.17 bits per heavy atom. The number of hydrogen-bond donors (Lipinski definition) is 2. The van der Waals surface area contributed by atoms with Gasteiger partial charge in [0.2, 0.25) is 0 Å². The number of rotatable bonds is 3. The molecule has 0 radical (unpaired) electrons. The second-order valence-corrected chi connectivity index (χ2v) is 3.33. The van der Waals surface area contributed by atoms with Crippen LogP contribution in [0.1, 0.15) is 20.8 Å². The summed E-state index contributed by atoms with van der Waals surface area (Å²) in [5.74, 6) is -1.01. The highest BCUT2D eigenvalue weighted by Gasteiger charge is 2.40. The molecule has 0 bridgehead atoms. The predicted octanol–water partition coefficient (Wildman–Crippen LogP) is -0.0727. The van der Waals surface area contributed by atoms with E-state index in [0.29, 0.717) is 0 Å². The van der Waals surface area contributed by atoms with Crippen LogP contribution in [-0.4, -0.2) is 35.0 Å². The number of ether oxygens (including phenoxy) is 1. The number of aliphatic hydroxyl groups is 2. The number of aliphatic hydroxyl groups excluding tert-OH is 1. The van der Waals surface area contributed by atoms with Crippen LogP contribution in [0.3, 0.4) is 0 Å². The molecule has 0 saturated carbocycles. The Hall–Kier alpha value is -0.610. The Labute approximate surface area is 72.2 Å². The Kier molecular flexibility index (Phi) is 3.67. The van der Waals surface area contributed by atoms with Gasteiger partial charge in [-0.15, -0.1) is 0 Å². The third-order valence-corrected chi connectivity index (χ3v) is 1.81. The van der Waals surface area contributed by atoms with Gasteiger partial charge >= 0.3 is 5.97 Å². The molecule has 2 N–H and O–H groups in total. The minimum atomic E-state index is -1.82. The lowest BCUT2D eigenvalue weighted by molar-refractivity contribution is -0.175. The highest BCUT2D eigenvalue weighted by Crippen LogP contribution is 2.18. The van der Waals surface area contributed by atoms with Gasteiger partial charge in [-0.2, -0.15) is 0 Å². The molecule has 0 rings (SSSR count). The predicted molar refractivity (Wildman–Crippen MR) is 43.5 cm³/mol. The van der Waals surface area contributed by atoms with Gasteiger partial charge in [0.25, 0.3) is 0 Å². The van der Waals surface area contributed by atoms with E-state index >= 15 is 0 Å². The van der Waals surface area contributed by atoms with Gasteiger partial charge in [0.05, 0.1) is 13.2 Å². The van der Waals surface area contributed by atoms with Gasteiger partial charge in [0.1, 0.15) is 0 Å². The molecule has 0 aliphatic rings. The van der Waals surface area contributed by atoms with Crippen molar-refractivity contribution in [2.75, 3.05) is 7.11 Å². The summed E-state index contributed by atoms with van der Waals surface area (Å²) in [6.07, 6.45) is -1.11. The average Bonchev–Trinajstić information content (AvgIpc) is 2.01. The van der Waals surface area contributed by atoms with Crippen LogP contribution in [0.15, 0.2) is 0 Å². The number of carbonyl (C=O) groups excluding carboxylic acids is 1. The Bertz CT molecular complexity index is 162. The fraction of sp³-hybridized carbons (Fsp3) is 0.875. The van der Waals surface area contributed by atoms with Gasteiger partial charge in [-0.3, -0.25) is 0 Å². The summed E-state index contributed by atoms with van der Waals surface area (Å²) in [5.41, 5.74) is -1.82. The van der Waals surface area contributed by atoms with E-state index in [-0.39, 0.29) is 5.92 Å². The second kappa shape index (κ2) is 3.87. The van der Waals surface area contributed by atoms with Crippen LogP contribution in [-0.2, 0) is 9.53 Å². The maximum absolute atomic E-state index is 10.9. The summed E-state index contributed by atoms with van der Waals surface area (Å²) in [6, 6.07) is 0. The summed E-state index contributed by atoms with van der Waals surface area (Å²) in [4.78, 5) is 10.9. The largest absolute Gasteiger partial charge is 0.467 e. The van der Waals surface area contributed by atoms with E-state index in [9.17, 15) is 15.0 Å². The molecule has 0 heterocycles. The van der Waals surface area contributed by atoms with Crippen molar-refractivity contribution in [3.05, 3.63) is 0 Å². The molecule has 0 aliphatic carbocycles. The van der Waals surface area contributed by atoms with E-state index in [0.717, 1.165) is 0 Å². The standard InChI is InChI=1S/C8H16O4/c1-5(2)6(9)8(3,11)7(10)12-4/h5-6,9,11H,1-4H3/t6-,8+/m0/s1. The molecule has 0 aromatic heterocycles. The van der Waals surface area contributed by atoms with E-state index in [1.54, 1.807) is 13.8 Å². The molecule has 0 amide bonds. The lowest BCUT2D eigenvalue weighted by Gasteiger charge is -2.28. The lowest BCUT2D eigenvalue weighted by atomic mass is 9.91. The van der Waals surface area contributed by atoms with Crippen LogP contribution in [0.2, 0.25) is 0 Å². The SMILES string of the molecule is COC(=O)[C@](C)(O)[C@@H](O)C(C)C. The Morgan fingerprint density at radius 1 is 1.50 bits per heavy atom. The fourth-order valence-electron chi connectivity index (χ4n) is 0.976. The van der Waals surface area contributed by atoms with Crippen molar-refractivity contribution in [3.8, 4) is 0 Å². The van der Waals surface area contributed by atoms with Crippen molar-refractivity contribution in [1.29, 1.82) is 0 Å². The molecule has 2 atom stereocenters. The normalized spacial score (nSPS) is 18.6. The maximum atomic E-state index is 10.9. The highest BCUT2D eigenvalue weighted by atomic mass is 16.5. The van der Waals surface area contributed by atoms with Gasteiger partial charge in [0.15, 0.2) is 5.60 Å². The Balaban J connectivity index is 4.48. The van der Waals surface area contributed by atoms with Crippen molar-refractivity contribution in [1.82, 2.24) is 0 Å². The molecule has 0 saturated heterocycles. The summed E-state index contributed by atoms with van der Waals surface area (Å²) in [6.45, 7) is 4.66. The first-order valence-corrected chi connectivity index (χ1v) is 3.83. The Morgan fingerprint density at radius 2 is 1.92 bits per heavy atom. The molecule has 0 aliphatic heterocycles. The summed E-state index contributed by atoms with van der Waals surface area (Å²) in [7, 11) is 1.17. The first-order chi connectivity index (χ1) is 5.34. The van der Waals surface area contributed by atoms with Crippen molar-refractivity contribution < 1.29 is 19.7 Å². The molecule has 4 heteroatoms. The first kappa shape index (κ1) is 11.4. The van der Waals surface area contributed by atoms with Crippen LogP contribution in [0, 0.1) is 5.92 Å². The molecule has 0 unspecified atom stereocenters. The van der Waals surface area contributed by atoms with Gasteiger partial charge < -0.3 is 14.9 Å². The van der Waals surface area contributed by atoms with Crippen molar-refractivity contribution >= 4 is 5.97 Å². The smallest absolute Gasteiger partial charge is 0.340 e. The molecule has 0 spiro atoms. The molecular formula is C8H16O4. The first-order valence-electron chi connectivity index (χ1n) is 3.83. The number of esters is 1. The third kappa shape index (κ3) is 2.19. The topological polar surface area (TPSA) is 66.8 Å². The monoisotopic (exact) mass is 176 g/mol. The van der Waals surface area contributed by atoms with Gasteiger partial charge in [0, 0.05) is 0 Å². The maximum Gasteiger partial charge on any atom is 0.340 e. The van der Waals surface area contributed by atoms with E-state index in [2.05, 4.69) is 4.74 Å². The van der Waals surface area contributed by atoms with Gasteiger partial charge in [-0.05, 0) is 12.8 Å². The van der Waals surface area contributed by atoms with Crippen LogP contribution in [0.25, 0.3) is 0 Å². The second-order valence-electron chi connectivity index (χ2n) is 3.33. The molecule has 4 nitrogen and oxygen atoms in total. The molecule has 0 aromatic rings. The van der Waals surface area contributed by atoms with Crippen LogP contribution in [0.4, 0.5) is 0 Å². The molecule has 0 aromatic carbocycles. The average molecular weight is 176 g/mol. The zero-order chi connectivity index (χ0) is 9.94. The zero-order valence-corrected chi connectivity index (χ0v) is 7.87. The van der Waals surface area contributed by atoms with Crippen LogP contribution < -0.4 is 0 Å². The van der Waals surface area contributed by atoms with Gasteiger partial charge in [-0.1, -0.05) is 13.8 Å². The number of hydrogen-bond acceptors (Lipinski definition) is 4. The number of carbonyl (C=O) groups is 1. The highest BCUT2D eigenvalue weighted by molar-refractivity contribution is 5.79.